The third kappa shape index (κ3) is 3.91. The quantitative estimate of drug-likeness (QED) is 0.684. The van der Waals surface area contributed by atoms with Crippen LogP contribution in [0.15, 0.2) is 48.5 Å². The molecule has 2 atom stereocenters. The highest BCUT2D eigenvalue weighted by Crippen LogP contribution is 2.38. The molecular formula is C21H22FN5O2. The molecule has 8 heteroatoms. The van der Waals surface area contributed by atoms with E-state index in [1.165, 1.54) is 12.1 Å². The van der Waals surface area contributed by atoms with Gasteiger partial charge in [-0.25, -0.2) is 9.07 Å². The number of ether oxygens (including phenoxy) is 1. The van der Waals surface area contributed by atoms with Gasteiger partial charge in [0.2, 0.25) is 11.9 Å². The number of hydrogen-bond acceptors (Lipinski definition) is 5. The monoisotopic (exact) mass is 395 g/mol. The summed E-state index contributed by atoms with van der Waals surface area (Å²) in [5.74, 6) is 1.15. The first-order chi connectivity index (χ1) is 14.1. The minimum Gasteiger partial charge on any atom is -0.497 e. The van der Waals surface area contributed by atoms with Crippen LogP contribution in [0.25, 0.3) is 0 Å². The lowest BCUT2D eigenvalue weighted by molar-refractivity contribution is -0.115. The van der Waals surface area contributed by atoms with Gasteiger partial charge in [-0.15, -0.1) is 5.10 Å². The summed E-state index contributed by atoms with van der Waals surface area (Å²) in [7, 11) is 1.63. The summed E-state index contributed by atoms with van der Waals surface area (Å²) in [6.07, 6.45) is 1.03. The Morgan fingerprint density at radius 2 is 1.90 bits per heavy atom. The highest BCUT2D eigenvalue weighted by molar-refractivity contribution is 5.88. The maximum atomic E-state index is 13.4. The number of halogens is 1. The van der Waals surface area contributed by atoms with Crippen molar-refractivity contribution in [2.24, 2.45) is 0 Å². The van der Waals surface area contributed by atoms with Gasteiger partial charge in [-0.3, -0.25) is 10.1 Å². The number of rotatable bonds is 5. The SMILES string of the molecule is CCC(=O)Nc1nc2n(n1)[C@@H](c1ccc(F)cc1)C[C@@H](c1ccc(OC)cc1)N2. The molecule has 2 aromatic carbocycles. The van der Waals surface area contributed by atoms with Crippen LogP contribution >= 0.6 is 0 Å². The van der Waals surface area contributed by atoms with Gasteiger partial charge >= 0.3 is 0 Å². The second-order valence-corrected chi connectivity index (χ2v) is 6.88. The van der Waals surface area contributed by atoms with Crippen LogP contribution in [0.1, 0.15) is 43.0 Å². The first-order valence-corrected chi connectivity index (χ1v) is 9.49. The van der Waals surface area contributed by atoms with Gasteiger partial charge in [-0.1, -0.05) is 31.2 Å². The fourth-order valence-electron chi connectivity index (χ4n) is 3.46. The number of carbonyl (C=O) groups excluding carboxylic acids is 1. The summed E-state index contributed by atoms with van der Waals surface area (Å²) < 4.78 is 20.4. The van der Waals surface area contributed by atoms with E-state index in [0.29, 0.717) is 18.8 Å². The number of amides is 1. The number of carbonyl (C=O) groups is 1. The van der Waals surface area contributed by atoms with Gasteiger partial charge in [-0.2, -0.15) is 4.98 Å². The molecule has 0 unspecified atom stereocenters. The number of nitrogens with one attached hydrogen (secondary N) is 2. The molecule has 4 rings (SSSR count). The molecule has 3 aromatic rings. The van der Waals surface area contributed by atoms with E-state index in [1.54, 1.807) is 30.8 Å². The van der Waals surface area contributed by atoms with Gasteiger partial charge in [0, 0.05) is 6.42 Å². The fraction of sp³-hybridized carbons (Fsp3) is 0.286. The highest BCUT2D eigenvalue weighted by atomic mass is 19.1. The number of methoxy groups -OCH3 is 1. The van der Waals surface area contributed by atoms with Gasteiger partial charge < -0.3 is 10.1 Å². The molecule has 0 fully saturated rings. The average Bonchev–Trinajstić information content (AvgIpc) is 3.16. The van der Waals surface area contributed by atoms with Crippen LogP contribution in [-0.2, 0) is 4.79 Å². The Hall–Kier alpha value is -3.42. The first-order valence-electron chi connectivity index (χ1n) is 9.49. The Balaban J connectivity index is 1.70. The molecule has 0 aliphatic carbocycles. The van der Waals surface area contributed by atoms with Crippen LogP contribution in [0.3, 0.4) is 0 Å². The van der Waals surface area contributed by atoms with Crippen molar-refractivity contribution in [1.29, 1.82) is 0 Å². The molecule has 1 aliphatic rings. The molecule has 1 aromatic heterocycles. The molecule has 1 aliphatic heterocycles. The van der Waals surface area contributed by atoms with Crippen molar-refractivity contribution >= 4 is 17.8 Å². The van der Waals surface area contributed by atoms with E-state index >= 15 is 0 Å². The van der Waals surface area contributed by atoms with Crippen molar-refractivity contribution in [3.8, 4) is 5.75 Å². The lowest BCUT2D eigenvalue weighted by atomic mass is 9.93. The largest absolute Gasteiger partial charge is 0.497 e. The zero-order valence-corrected chi connectivity index (χ0v) is 16.2. The van der Waals surface area contributed by atoms with E-state index in [2.05, 4.69) is 20.7 Å². The summed E-state index contributed by atoms with van der Waals surface area (Å²) in [6, 6.07) is 14.0. The Labute approximate surface area is 167 Å². The molecule has 0 saturated carbocycles. The minimum absolute atomic E-state index is 0.0256. The second-order valence-electron chi connectivity index (χ2n) is 6.88. The van der Waals surface area contributed by atoms with E-state index in [-0.39, 0.29) is 29.8 Å². The molecule has 1 amide bonds. The van der Waals surface area contributed by atoms with Gasteiger partial charge in [0.15, 0.2) is 0 Å². The second kappa shape index (κ2) is 7.90. The lowest BCUT2D eigenvalue weighted by Crippen LogP contribution is -2.28. The Kier molecular flexibility index (Phi) is 5.16. The van der Waals surface area contributed by atoms with Crippen molar-refractivity contribution < 1.29 is 13.9 Å². The number of nitrogens with zero attached hydrogens (tertiary/aromatic N) is 3. The topological polar surface area (TPSA) is 81.1 Å². The highest BCUT2D eigenvalue weighted by Gasteiger charge is 2.31. The van der Waals surface area contributed by atoms with E-state index < -0.39 is 0 Å². The van der Waals surface area contributed by atoms with Gasteiger partial charge in [0.05, 0.1) is 19.2 Å². The number of fused-ring (bicyclic) bond motifs is 1. The van der Waals surface area contributed by atoms with Crippen LogP contribution < -0.4 is 15.4 Å². The van der Waals surface area contributed by atoms with Crippen molar-refractivity contribution in [2.75, 3.05) is 17.7 Å². The Morgan fingerprint density at radius 3 is 2.55 bits per heavy atom. The molecule has 7 nitrogen and oxygen atoms in total. The van der Waals surface area contributed by atoms with Crippen LogP contribution in [-0.4, -0.2) is 27.8 Å². The molecule has 0 saturated heterocycles. The summed E-state index contributed by atoms with van der Waals surface area (Å²) in [6.45, 7) is 1.77. The third-order valence-corrected chi connectivity index (χ3v) is 5.03. The minimum atomic E-state index is -0.288. The van der Waals surface area contributed by atoms with Gasteiger partial charge in [0.1, 0.15) is 11.6 Å². The molecular weight excluding hydrogens is 373 g/mol. The normalized spacial score (nSPS) is 17.9. The van der Waals surface area contributed by atoms with E-state index in [4.69, 9.17) is 4.74 Å². The van der Waals surface area contributed by atoms with E-state index in [1.807, 2.05) is 24.3 Å². The molecule has 2 N–H and O–H groups in total. The number of benzene rings is 2. The van der Waals surface area contributed by atoms with E-state index in [9.17, 15) is 9.18 Å². The fourth-order valence-corrected chi connectivity index (χ4v) is 3.46. The first kappa shape index (κ1) is 18.9. The molecule has 0 spiro atoms. The number of hydrogen-bond donors (Lipinski definition) is 2. The zero-order valence-electron chi connectivity index (χ0n) is 16.2. The molecule has 0 bridgehead atoms. The summed E-state index contributed by atoms with van der Waals surface area (Å²) in [5.41, 5.74) is 2.00. The number of aromatic nitrogens is 3. The van der Waals surface area contributed by atoms with Crippen LogP contribution in [0.2, 0.25) is 0 Å². The van der Waals surface area contributed by atoms with E-state index in [0.717, 1.165) is 16.9 Å². The van der Waals surface area contributed by atoms with Crippen molar-refractivity contribution in [1.82, 2.24) is 14.8 Å². The third-order valence-electron chi connectivity index (χ3n) is 5.03. The smallest absolute Gasteiger partial charge is 0.250 e. The van der Waals surface area contributed by atoms with Crippen molar-refractivity contribution in [3.63, 3.8) is 0 Å². The van der Waals surface area contributed by atoms with Gasteiger partial charge in [0.25, 0.3) is 5.95 Å². The molecule has 29 heavy (non-hydrogen) atoms. The van der Waals surface area contributed by atoms with Crippen LogP contribution in [0, 0.1) is 5.82 Å². The van der Waals surface area contributed by atoms with Crippen LogP contribution in [0.4, 0.5) is 16.3 Å². The van der Waals surface area contributed by atoms with Crippen LogP contribution in [0.5, 0.6) is 5.75 Å². The molecule has 150 valence electrons. The Bertz CT molecular complexity index is 1000. The lowest BCUT2D eigenvalue weighted by Gasteiger charge is -2.31. The number of anilines is 2. The molecule has 0 radical (unpaired) electrons. The predicted molar refractivity (Wildman–Crippen MR) is 107 cm³/mol. The maximum Gasteiger partial charge on any atom is 0.250 e. The summed E-state index contributed by atoms with van der Waals surface area (Å²) >= 11 is 0. The summed E-state index contributed by atoms with van der Waals surface area (Å²) in [4.78, 5) is 16.2. The predicted octanol–water partition coefficient (Wildman–Crippen LogP) is 3.92. The Morgan fingerprint density at radius 1 is 1.21 bits per heavy atom. The van der Waals surface area contributed by atoms with Gasteiger partial charge in [-0.05, 0) is 41.8 Å². The van der Waals surface area contributed by atoms with Crippen molar-refractivity contribution in [3.05, 3.63) is 65.5 Å². The zero-order chi connectivity index (χ0) is 20.4. The standard InChI is InChI=1S/C21H22FN5O2/c1-3-19(28)24-20-25-21-23-17(13-6-10-16(29-2)11-7-13)12-18(27(21)26-20)14-4-8-15(22)9-5-14/h4-11,17-18H,3,12H2,1-2H3,(H2,23,24,25,26,28)/t17-,18+/m0/s1. The molecule has 2 heterocycles. The maximum absolute atomic E-state index is 13.4. The average molecular weight is 395 g/mol. The summed E-state index contributed by atoms with van der Waals surface area (Å²) in [5, 5.41) is 10.6. The van der Waals surface area contributed by atoms with Crippen molar-refractivity contribution in [2.45, 2.75) is 31.8 Å².